The third kappa shape index (κ3) is 3.48. The molecule has 150 valence electrons. The molecule has 9 heteroatoms. The van der Waals surface area contributed by atoms with E-state index in [1.165, 1.54) is 6.08 Å². The first-order valence-electron chi connectivity index (χ1n) is 9.36. The molecule has 0 bridgehead atoms. The summed E-state index contributed by atoms with van der Waals surface area (Å²) in [7, 11) is 0. The van der Waals surface area contributed by atoms with Crippen LogP contribution in [0.4, 0.5) is 11.9 Å². The minimum atomic E-state index is -0.391. The number of hydrogen-bond acceptors (Lipinski definition) is 6. The molecule has 2 aromatic carbocycles. The number of anilines is 2. The van der Waals surface area contributed by atoms with Crippen LogP contribution in [0.1, 0.15) is 23.6 Å². The van der Waals surface area contributed by atoms with Gasteiger partial charge >= 0.3 is 0 Å². The fourth-order valence-electron chi connectivity index (χ4n) is 3.39. The predicted molar refractivity (Wildman–Crippen MR) is 108 cm³/mol. The van der Waals surface area contributed by atoms with Gasteiger partial charge in [-0.05, 0) is 29.3 Å². The molecular weight excluding hydrogens is 386 g/mol. The molecule has 30 heavy (non-hydrogen) atoms. The lowest BCUT2D eigenvalue weighted by Crippen LogP contribution is -2.29. The van der Waals surface area contributed by atoms with Crippen molar-refractivity contribution < 1.29 is 19.1 Å². The number of fused-ring (bicyclic) bond motifs is 2. The van der Waals surface area contributed by atoms with Crippen LogP contribution in [0.25, 0.3) is 6.08 Å². The Morgan fingerprint density at radius 1 is 1.17 bits per heavy atom. The summed E-state index contributed by atoms with van der Waals surface area (Å²) >= 11 is 0. The summed E-state index contributed by atoms with van der Waals surface area (Å²) in [6.07, 6.45) is 3.28. The Kier molecular flexibility index (Phi) is 4.40. The zero-order valence-electron chi connectivity index (χ0n) is 15.7. The first-order valence-corrected chi connectivity index (χ1v) is 9.36. The summed E-state index contributed by atoms with van der Waals surface area (Å²) in [6, 6.07) is 14.7. The minimum Gasteiger partial charge on any atom is -0.454 e. The summed E-state index contributed by atoms with van der Waals surface area (Å²) < 4.78 is 12.2. The second kappa shape index (κ2) is 7.36. The number of hydrogen-bond donors (Lipinski definition) is 2. The van der Waals surface area contributed by atoms with Crippen molar-refractivity contribution in [1.82, 2.24) is 14.8 Å². The van der Waals surface area contributed by atoms with E-state index in [1.54, 1.807) is 22.9 Å². The first-order chi connectivity index (χ1) is 14.7. The third-order valence-corrected chi connectivity index (χ3v) is 4.80. The zero-order chi connectivity index (χ0) is 20.5. The summed E-state index contributed by atoms with van der Waals surface area (Å²) in [4.78, 5) is 28.6. The maximum absolute atomic E-state index is 12.3. The summed E-state index contributed by atoms with van der Waals surface area (Å²) in [5.74, 6) is 1.20. The van der Waals surface area contributed by atoms with Crippen molar-refractivity contribution in [3.8, 4) is 11.5 Å². The smallest absolute Gasteiger partial charge is 0.250 e. The van der Waals surface area contributed by atoms with Crippen LogP contribution in [-0.2, 0) is 9.59 Å². The number of aromatic nitrogens is 3. The molecule has 2 amide bonds. The number of benzene rings is 2. The van der Waals surface area contributed by atoms with Gasteiger partial charge in [-0.25, -0.2) is 4.68 Å². The molecule has 0 fully saturated rings. The SMILES string of the molecule is O=C(/C=C/c1ccc2c(c1)OCO2)Nc1nc2n(n1)[C@H](c1ccccc1)CC(=O)N2. The van der Waals surface area contributed by atoms with Crippen LogP contribution in [0, 0.1) is 0 Å². The molecule has 1 atom stereocenters. The maximum Gasteiger partial charge on any atom is 0.250 e. The molecule has 0 saturated heterocycles. The highest BCUT2D eigenvalue weighted by Crippen LogP contribution is 2.33. The van der Waals surface area contributed by atoms with Crippen LogP contribution in [0.2, 0.25) is 0 Å². The molecule has 3 aromatic rings. The normalized spacial score (nSPS) is 16.9. The highest BCUT2D eigenvalue weighted by molar-refractivity contribution is 6.01. The Morgan fingerprint density at radius 3 is 2.87 bits per heavy atom. The number of nitrogens with zero attached hydrogens (tertiary/aromatic N) is 3. The highest BCUT2D eigenvalue weighted by Gasteiger charge is 2.29. The standard InChI is InChI=1S/C21H17N5O4/c27-18(9-7-13-6-8-16-17(10-13)30-12-29-16)22-20-24-21-23-19(28)11-15(26(21)25-20)14-4-2-1-3-5-14/h1-10,15H,11-12H2,(H2,22,23,24,25,27,28)/b9-7+/t15-/m0/s1. The van der Waals surface area contributed by atoms with Crippen LogP contribution in [0.3, 0.4) is 0 Å². The van der Waals surface area contributed by atoms with E-state index >= 15 is 0 Å². The monoisotopic (exact) mass is 403 g/mol. The number of ether oxygens (including phenoxy) is 2. The second-order valence-corrected chi connectivity index (χ2v) is 6.82. The summed E-state index contributed by atoms with van der Waals surface area (Å²) in [5, 5.41) is 9.70. The molecule has 2 N–H and O–H groups in total. The molecule has 2 aliphatic heterocycles. The van der Waals surface area contributed by atoms with Gasteiger partial charge in [-0.2, -0.15) is 4.98 Å². The molecule has 0 aliphatic carbocycles. The minimum absolute atomic E-state index is 0.119. The topological polar surface area (TPSA) is 107 Å². The highest BCUT2D eigenvalue weighted by atomic mass is 16.7. The van der Waals surface area contributed by atoms with Crippen molar-refractivity contribution in [2.45, 2.75) is 12.5 Å². The number of carbonyl (C=O) groups excluding carboxylic acids is 2. The van der Waals surface area contributed by atoms with Gasteiger partial charge in [0.25, 0.3) is 11.9 Å². The van der Waals surface area contributed by atoms with Crippen LogP contribution in [-0.4, -0.2) is 33.4 Å². The predicted octanol–water partition coefficient (Wildman–Crippen LogP) is 2.59. The van der Waals surface area contributed by atoms with Gasteiger partial charge in [-0.1, -0.05) is 36.4 Å². The van der Waals surface area contributed by atoms with E-state index in [0.29, 0.717) is 17.4 Å². The van der Waals surface area contributed by atoms with E-state index in [0.717, 1.165) is 11.1 Å². The Hall–Kier alpha value is -4.14. The molecule has 9 nitrogen and oxygen atoms in total. The van der Waals surface area contributed by atoms with Crippen molar-refractivity contribution in [3.05, 3.63) is 65.7 Å². The molecule has 1 aromatic heterocycles. The van der Waals surface area contributed by atoms with Crippen molar-refractivity contribution in [3.63, 3.8) is 0 Å². The largest absolute Gasteiger partial charge is 0.454 e. The number of rotatable bonds is 4. The number of carbonyl (C=O) groups is 2. The van der Waals surface area contributed by atoms with Crippen LogP contribution in [0.5, 0.6) is 11.5 Å². The molecule has 0 spiro atoms. The molecule has 5 rings (SSSR count). The lowest BCUT2D eigenvalue weighted by molar-refractivity contribution is -0.117. The molecular formula is C21H17N5O4. The van der Waals surface area contributed by atoms with E-state index in [-0.39, 0.29) is 31.1 Å². The van der Waals surface area contributed by atoms with E-state index in [4.69, 9.17) is 9.47 Å². The lowest BCUT2D eigenvalue weighted by Gasteiger charge is -2.23. The average molecular weight is 403 g/mol. The average Bonchev–Trinajstić information content (AvgIpc) is 3.38. The van der Waals surface area contributed by atoms with Crippen LogP contribution < -0.4 is 20.1 Å². The van der Waals surface area contributed by atoms with E-state index in [2.05, 4.69) is 20.7 Å². The fourth-order valence-corrected chi connectivity index (χ4v) is 3.39. The van der Waals surface area contributed by atoms with Crippen LogP contribution >= 0.6 is 0 Å². The molecule has 0 unspecified atom stereocenters. The first kappa shape index (κ1) is 17.9. The van der Waals surface area contributed by atoms with Gasteiger partial charge in [0.15, 0.2) is 11.5 Å². The second-order valence-electron chi connectivity index (χ2n) is 6.82. The van der Waals surface area contributed by atoms with Crippen molar-refractivity contribution >= 4 is 29.8 Å². The van der Waals surface area contributed by atoms with Gasteiger partial charge in [0.1, 0.15) is 0 Å². The Morgan fingerprint density at radius 2 is 2.00 bits per heavy atom. The molecule has 3 heterocycles. The molecule has 2 aliphatic rings. The number of amides is 2. The summed E-state index contributed by atoms with van der Waals surface area (Å²) in [5.41, 5.74) is 1.74. The quantitative estimate of drug-likeness (QED) is 0.649. The third-order valence-electron chi connectivity index (χ3n) is 4.80. The Balaban J connectivity index is 1.32. The van der Waals surface area contributed by atoms with Crippen molar-refractivity contribution in [1.29, 1.82) is 0 Å². The van der Waals surface area contributed by atoms with Crippen LogP contribution in [0.15, 0.2) is 54.6 Å². The van der Waals surface area contributed by atoms with Gasteiger partial charge in [0.05, 0.1) is 12.5 Å². The van der Waals surface area contributed by atoms with Crippen molar-refractivity contribution in [2.24, 2.45) is 0 Å². The molecule has 0 radical (unpaired) electrons. The van der Waals surface area contributed by atoms with E-state index < -0.39 is 5.91 Å². The summed E-state index contributed by atoms with van der Waals surface area (Å²) in [6.45, 7) is 0.195. The zero-order valence-corrected chi connectivity index (χ0v) is 15.7. The van der Waals surface area contributed by atoms with Gasteiger partial charge < -0.3 is 9.47 Å². The van der Waals surface area contributed by atoms with E-state index in [1.807, 2.05) is 36.4 Å². The molecule has 0 saturated carbocycles. The van der Waals surface area contributed by atoms with Crippen molar-refractivity contribution in [2.75, 3.05) is 17.4 Å². The Labute approximate surface area is 171 Å². The fraction of sp³-hybridized carbons (Fsp3) is 0.143. The van der Waals surface area contributed by atoms with Gasteiger partial charge in [0.2, 0.25) is 18.6 Å². The van der Waals surface area contributed by atoms with Gasteiger partial charge in [0, 0.05) is 6.08 Å². The van der Waals surface area contributed by atoms with Gasteiger partial charge in [-0.3, -0.25) is 20.2 Å². The number of nitrogens with one attached hydrogen (secondary N) is 2. The maximum atomic E-state index is 12.3. The van der Waals surface area contributed by atoms with E-state index in [9.17, 15) is 9.59 Å². The lowest BCUT2D eigenvalue weighted by atomic mass is 10.0. The van der Waals surface area contributed by atoms with Gasteiger partial charge in [-0.15, -0.1) is 5.10 Å². The Bertz CT molecular complexity index is 1160.